The van der Waals surface area contributed by atoms with Crippen LogP contribution in [0.2, 0.25) is 0 Å². The minimum atomic E-state index is -0.659. The average Bonchev–Trinajstić information content (AvgIpc) is 3.07. The number of hydrogen-bond donors (Lipinski definition) is 3. The lowest BCUT2D eigenvalue weighted by Gasteiger charge is -2.15. The van der Waals surface area contributed by atoms with Crippen LogP contribution in [-0.4, -0.2) is 22.7 Å². The zero-order chi connectivity index (χ0) is 15.5. The third-order valence-corrected chi connectivity index (χ3v) is 3.52. The fourth-order valence-corrected chi connectivity index (χ4v) is 2.37. The highest BCUT2D eigenvalue weighted by molar-refractivity contribution is 6.03. The Morgan fingerprint density at radius 2 is 1.95 bits per heavy atom. The first-order chi connectivity index (χ1) is 10.7. The molecule has 112 valence electrons. The normalized spacial score (nSPS) is 12.2. The van der Waals surface area contributed by atoms with Gasteiger partial charge in [0.1, 0.15) is 17.6 Å². The van der Waals surface area contributed by atoms with Gasteiger partial charge in [0, 0.05) is 5.39 Å². The highest BCUT2D eigenvalue weighted by atomic mass is 16.3. The lowest BCUT2D eigenvalue weighted by atomic mass is 10.0. The quantitative estimate of drug-likeness (QED) is 0.691. The molecule has 0 saturated heterocycles. The Morgan fingerprint density at radius 1 is 1.14 bits per heavy atom. The van der Waals surface area contributed by atoms with Gasteiger partial charge in [-0.2, -0.15) is 0 Å². The van der Waals surface area contributed by atoms with Gasteiger partial charge in [-0.15, -0.1) is 0 Å². The second kappa shape index (κ2) is 5.91. The van der Waals surface area contributed by atoms with Crippen molar-refractivity contribution in [1.29, 1.82) is 0 Å². The monoisotopic (exact) mass is 297 g/mol. The molecule has 1 heterocycles. The van der Waals surface area contributed by atoms with Gasteiger partial charge in [-0.25, -0.2) is 0 Å². The summed E-state index contributed by atoms with van der Waals surface area (Å²) in [5.41, 5.74) is 0.156. The zero-order valence-electron chi connectivity index (χ0n) is 11.7. The number of amides is 1. The number of aliphatic hydroxyl groups is 1. The van der Waals surface area contributed by atoms with Crippen LogP contribution >= 0.6 is 0 Å². The van der Waals surface area contributed by atoms with E-state index in [1.165, 1.54) is 6.26 Å². The van der Waals surface area contributed by atoms with Gasteiger partial charge < -0.3 is 19.9 Å². The molecular formula is C17H15NO4. The first kappa shape index (κ1) is 14.2. The first-order valence-electron chi connectivity index (χ1n) is 6.86. The molecule has 0 spiro atoms. The summed E-state index contributed by atoms with van der Waals surface area (Å²) >= 11 is 0. The van der Waals surface area contributed by atoms with Crippen molar-refractivity contribution in [2.45, 2.75) is 6.04 Å². The van der Waals surface area contributed by atoms with E-state index in [4.69, 9.17) is 4.42 Å². The van der Waals surface area contributed by atoms with E-state index in [-0.39, 0.29) is 17.9 Å². The molecule has 22 heavy (non-hydrogen) atoms. The second-order valence-electron chi connectivity index (χ2n) is 4.91. The Balaban J connectivity index is 1.90. The molecule has 2 aromatic carbocycles. The first-order valence-corrected chi connectivity index (χ1v) is 6.86. The maximum Gasteiger partial charge on any atom is 0.255 e. The number of aromatic hydroxyl groups is 1. The number of hydrogen-bond acceptors (Lipinski definition) is 4. The molecule has 1 amide bonds. The van der Waals surface area contributed by atoms with E-state index in [1.807, 2.05) is 12.1 Å². The van der Waals surface area contributed by atoms with Gasteiger partial charge in [-0.05, 0) is 23.6 Å². The van der Waals surface area contributed by atoms with Gasteiger partial charge in [-0.1, -0.05) is 30.3 Å². The summed E-state index contributed by atoms with van der Waals surface area (Å²) in [4.78, 5) is 12.3. The van der Waals surface area contributed by atoms with Crippen molar-refractivity contribution in [3.63, 3.8) is 0 Å². The van der Waals surface area contributed by atoms with Gasteiger partial charge in [0.05, 0.1) is 18.4 Å². The molecule has 0 bridgehead atoms. The number of benzene rings is 2. The summed E-state index contributed by atoms with van der Waals surface area (Å²) in [5.74, 6) is -0.0958. The highest BCUT2D eigenvalue weighted by Crippen LogP contribution is 2.29. The molecule has 5 heteroatoms. The highest BCUT2D eigenvalue weighted by Gasteiger charge is 2.20. The maximum atomic E-state index is 12.3. The lowest BCUT2D eigenvalue weighted by Crippen LogP contribution is -2.30. The van der Waals surface area contributed by atoms with Crippen LogP contribution in [0, 0.1) is 0 Å². The molecule has 0 radical (unpaired) electrons. The summed E-state index contributed by atoms with van der Waals surface area (Å²) in [6, 6.07) is 13.3. The lowest BCUT2D eigenvalue weighted by molar-refractivity contribution is 0.0905. The van der Waals surface area contributed by atoms with Crippen molar-refractivity contribution >= 4 is 16.7 Å². The van der Waals surface area contributed by atoms with E-state index in [0.29, 0.717) is 11.1 Å². The summed E-state index contributed by atoms with van der Waals surface area (Å²) < 4.78 is 5.19. The van der Waals surface area contributed by atoms with E-state index in [2.05, 4.69) is 5.32 Å². The number of furan rings is 1. The smallest absolute Gasteiger partial charge is 0.255 e. The molecule has 3 rings (SSSR count). The Morgan fingerprint density at radius 3 is 2.68 bits per heavy atom. The van der Waals surface area contributed by atoms with Gasteiger partial charge in [0.15, 0.2) is 0 Å². The Kier molecular flexibility index (Phi) is 3.80. The molecule has 3 N–H and O–H groups in total. The molecule has 3 aromatic rings. The van der Waals surface area contributed by atoms with Crippen LogP contribution in [0.15, 0.2) is 59.2 Å². The summed E-state index contributed by atoms with van der Waals surface area (Å²) in [6.45, 7) is -0.298. The standard InChI is InChI=1S/C17H15NO4/c19-10-14(15-6-3-9-22-15)18-17(21)13-8-7-11-4-1-2-5-12(11)16(13)20/h1-9,14,19-20H,10H2,(H,18,21). The van der Waals surface area contributed by atoms with E-state index < -0.39 is 11.9 Å². The van der Waals surface area contributed by atoms with Crippen LogP contribution in [0.5, 0.6) is 5.75 Å². The number of phenolic OH excluding ortho intramolecular Hbond substituents is 1. The Hall–Kier alpha value is -2.79. The van der Waals surface area contributed by atoms with Crippen LogP contribution in [0.4, 0.5) is 0 Å². The molecule has 1 atom stereocenters. The number of nitrogens with one attached hydrogen (secondary N) is 1. The fraction of sp³-hybridized carbons (Fsp3) is 0.118. The van der Waals surface area contributed by atoms with E-state index in [9.17, 15) is 15.0 Å². The minimum absolute atomic E-state index is 0.0771. The largest absolute Gasteiger partial charge is 0.506 e. The molecule has 5 nitrogen and oxygen atoms in total. The SMILES string of the molecule is O=C(NC(CO)c1ccco1)c1ccc2ccccc2c1O. The molecule has 1 aromatic heterocycles. The number of fused-ring (bicyclic) bond motifs is 1. The molecule has 0 aliphatic carbocycles. The molecule has 0 fully saturated rings. The Labute approximate surface area is 126 Å². The van der Waals surface area contributed by atoms with Crippen molar-refractivity contribution in [2.75, 3.05) is 6.61 Å². The van der Waals surface area contributed by atoms with Gasteiger partial charge >= 0.3 is 0 Å². The van der Waals surface area contributed by atoms with Crippen LogP contribution in [0.1, 0.15) is 22.2 Å². The van der Waals surface area contributed by atoms with Crippen molar-refractivity contribution in [3.8, 4) is 5.75 Å². The fourth-order valence-electron chi connectivity index (χ4n) is 2.37. The molecule has 0 saturated carbocycles. The average molecular weight is 297 g/mol. The molecule has 0 aliphatic rings. The second-order valence-corrected chi connectivity index (χ2v) is 4.91. The van der Waals surface area contributed by atoms with Crippen molar-refractivity contribution in [1.82, 2.24) is 5.32 Å². The zero-order valence-corrected chi connectivity index (χ0v) is 11.7. The van der Waals surface area contributed by atoms with Crippen molar-refractivity contribution < 1.29 is 19.4 Å². The van der Waals surface area contributed by atoms with Gasteiger partial charge in [-0.3, -0.25) is 4.79 Å². The van der Waals surface area contributed by atoms with Crippen LogP contribution in [-0.2, 0) is 0 Å². The van der Waals surface area contributed by atoms with Crippen molar-refractivity contribution in [2.24, 2.45) is 0 Å². The van der Waals surface area contributed by atoms with Crippen molar-refractivity contribution in [3.05, 3.63) is 66.1 Å². The summed E-state index contributed by atoms with van der Waals surface area (Å²) in [6.07, 6.45) is 1.47. The Bertz CT molecular complexity index is 796. The number of carbonyl (C=O) groups is 1. The molecule has 0 aliphatic heterocycles. The van der Waals surface area contributed by atoms with Gasteiger partial charge in [0.2, 0.25) is 0 Å². The third-order valence-electron chi connectivity index (χ3n) is 3.52. The van der Waals surface area contributed by atoms with E-state index in [0.717, 1.165) is 5.39 Å². The molecule has 1 unspecified atom stereocenters. The number of rotatable bonds is 4. The van der Waals surface area contributed by atoms with E-state index >= 15 is 0 Å². The maximum absolute atomic E-state index is 12.3. The predicted molar refractivity (Wildman–Crippen MR) is 81.6 cm³/mol. The number of aliphatic hydroxyl groups excluding tert-OH is 1. The summed E-state index contributed by atoms with van der Waals surface area (Å²) in [7, 11) is 0. The van der Waals surface area contributed by atoms with Gasteiger partial charge in [0.25, 0.3) is 5.91 Å². The van der Waals surface area contributed by atoms with Crippen LogP contribution in [0.25, 0.3) is 10.8 Å². The topological polar surface area (TPSA) is 82.7 Å². The van der Waals surface area contributed by atoms with Crippen LogP contribution < -0.4 is 5.32 Å². The summed E-state index contributed by atoms with van der Waals surface area (Å²) in [5, 5.41) is 23.8. The number of phenols is 1. The number of carbonyl (C=O) groups excluding carboxylic acids is 1. The van der Waals surface area contributed by atoms with E-state index in [1.54, 1.807) is 36.4 Å². The predicted octanol–water partition coefficient (Wildman–Crippen LogP) is 2.60. The van der Waals surface area contributed by atoms with Crippen LogP contribution in [0.3, 0.4) is 0 Å². The minimum Gasteiger partial charge on any atom is -0.506 e. The molecular weight excluding hydrogens is 282 g/mol. The third kappa shape index (κ3) is 2.54.